The smallest absolute Gasteiger partial charge is 0.191 e. The van der Waals surface area contributed by atoms with Gasteiger partial charge in [-0.2, -0.15) is 5.10 Å². The molecule has 1 atom stereocenters. The zero-order valence-electron chi connectivity index (χ0n) is 20.2. The highest BCUT2D eigenvalue weighted by atomic mass is 127. The van der Waals surface area contributed by atoms with Crippen LogP contribution in [-0.2, 0) is 20.0 Å². The van der Waals surface area contributed by atoms with E-state index in [0.29, 0.717) is 12.6 Å². The Morgan fingerprint density at radius 2 is 1.97 bits per heavy atom. The Hall–Kier alpha value is -1.97. The van der Waals surface area contributed by atoms with Crippen LogP contribution in [0.25, 0.3) is 0 Å². The van der Waals surface area contributed by atoms with Crippen LogP contribution in [-0.4, -0.2) is 42.0 Å². The zero-order chi connectivity index (χ0) is 22.4. The van der Waals surface area contributed by atoms with Crippen molar-refractivity contribution in [3.8, 4) is 11.5 Å². The number of guanidine groups is 1. The first kappa shape index (κ1) is 26.3. The van der Waals surface area contributed by atoms with Crippen molar-refractivity contribution in [1.29, 1.82) is 0 Å². The molecule has 7 nitrogen and oxygen atoms in total. The minimum atomic E-state index is 0. The molecule has 1 aromatic heterocycles. The summed E-state index contributed by atoms with van der Waals surface area (Å²) in [4.78, 5) is 4.39. The molecule has 1 saturated carbocycles. The molecule has 1 aliphatic carbocycles. The molecule has 1 fully saturated rings. The van der Waals surface area contributed by atoms with Crippen molar-refractivity contribution >= 4 is 29.9 Å². The predicted octanol–water partition coefficient (Wildman–Crippen LogP) is 4.28. The maximum absolute atomic E-state index is 6.22. The van der Waals surface area contributed by atoms with Gasteiger partial charge in [0.15, 0.2) is 17.5 Å². The molecule has 3 rings (SSSR count). The molecule has 0 spiro atoms. The number of benzene rings is 1. The Bertz CT molecular complexity index is 906. The molecule has 1 heterocycles. The van der Waals surface area contributed by atoms with Crippen LogP contribution in [0.15, 0.2) is 23.2 Å². The number of nitrogens with one attached hydrogen (secondary N) is 2. The normalized spacial score (nSPS) is 15.2. The molecule has 0 bridgehead atoms. The van der Waals surface area contributed by atoms with Gasteiger partial charge in [0.05, 0.1) is 18.9 Å². The highest BCUT2D eigenvalue weighted by Gasteiger charge is 2.19. The van der Waals surface area contributed by atoms with Crippen LogP contribution < -0.4 is 20.1 Å². The number of hydrogen-bond acceptors (Lipinski definition) is 4. The van der Waals surface area contributed by atoms with E-state index >= 15 is 0 Å². The van der Waals surface area contributed by atoms with E-state index in [-0.39, 0.29) is 30.0 Å². The molecule has 0 radical (unpaired) electrons. The summed E-state index contributed by atoms with van der Waals surface area (Å²) < 4.78 is 13.7. The molecule has 1 aromatic carbocycles. The molecule has 0 saturated heterocycles. The van der Waals surface area contributed by atoms with Crippen LogP contribution >= 0.6 is 24.0 Å². The number of halogens is 1. The van der Waals surface area contributed by atoms with E-state index in [1.54, 1.807) is 14.2 Å². The van der Waals surface area contributed by atoms with Gasteiger partial charge in [0.1, 0.15) is 0 Å². The Balaban J connectivity index is 0.00000363. The number of hydrogen-bond donors (Lipinski definition) is 2. The molecule has 1 aliphatic rings. The summed E-state index contributed by atoms with van der Waals surface area (Å²) in [5, 5.41) is 11.4. The summed E-state index contributed by atoms with van der Waals surface area (Å²) >= 11 is 0. The summed E-state index contributed by atoms with van der Waals surface area (Å²) in [5.41, 5.74) is 4.72. The number of ether oxygens (including phenoxy) is 2. The highest BCUT2D eigenvalue weighted by Crippen LogP contribution is 2.32. The number of aliphatic imine (C=N–C) groups is 1. The molecule has 2 aromatic rings. The average molecular weight is 556 g/mol. The summed E-state index contributed by atoms with van der Waals surface area (Å²) in [6.45, 7) is 7.00. The average Bonchev–Trinajstić information content (AvgIpc) is 3.35. The third-order valence-electron chi connectivity index (χ3n) is 6.06. The minimum absolute atomic E-state index is 0. The lowest BCUT2D eigenvalue weighted by molar-refractivity contribution is 0.200. The molecule has 2 N–H and O–H groups in total. The fourth-order valence-corrected chi connectivity index (χ4v) is 4.19. The third-order valence-corrected chi connectivity index (χ3v) is 6.06. The van der Waals surface area contributed by atoms with E-state index in [1.807, 2.05) is 17.8 Å². The molecule has 1 unspecified atom stereocenters. The Labute approximate surface area is 209 Å². The second-order valence-electron chi connectivity index (χ2n) is 8.46. The largest absolute Gasteiger partial charge is 0.493 e. The number of nitrogens with zero attached hydrogens (tertiary/aromatic N) is 3. The Morgan fingerprint density at radius 3 is 2.56 bits per heavy atom. The van der Waals surface area contributed by atoms with Gasteiger partial charge in [0.2, 0.25) is 0 Å². The van der Waals surface area contributed by atoms with E-state index in [4.69, 9.17) is 9.47 Å². The van der Waals surface area contributed by atoms with E-state index in [9.17, 15) is 0 Å². The second-order valence-corrected chi connectivity index (χ2v) is 8.46. The van der Waals surface area contributed by atoms with Gasteiger partial charge in [-0.05, 0) is 76.1 Å². The van der Waals surface area contributed by atoms with Gasteiger partial charge in [0.25, 0.3) is 0 Å². The molecule has 0 amide bonds. The quantitative estimate of drug-likeness (QED) is 0.289. The highest BCUT2D eigenvalue weighted by molar-refractivity contribution is 14.0. The summed E-state index contributed by atoms with van der Waals surface area (Å²) in [7, 11) is 5.48. The first-order valence-electron chi connectivity index (χ1n) is 11.2. The van der Waals surface area contributed by atoms with Crippen molar-refractivity contribution in [2.24, 2.45) is 12.0 Å². The molecule has 178 valence electrons. The lowest BCUT2D eigenvalue weighted by Gasteiger charge is -2.19. The van der Waals surface area contributed by atoms with Crippen molar-refractivity contribution in [2.45, 2.75) is 71.6 Å². The first-order chi connectivity index (χ1) is 14.9. The fraction of sp³-hybridized carbons (Fsp3) is 0.583. The lowest BCUT2D eigenvalue weighted by atomic mass is 10.1. The Kier molecular flexibility index (Phi) is 10.1. The van der Waals surface area contributed by atoms with E-state index in [2.05, 4.69) is 53.6 Å². The third kappa shape index (κ3) is 6.76. The van der Waals surface area contributed by atoms with Crippen LogP contribution in [0.5, 0.6) is 11.5 Å². The van der Waals surface area contributed by atoms with Gasteiger partial charge in [-0.3, -0.25) is 9.67 Å². The summed E-state index contributed by atoms with van der Waals surface area (Å²) in [5.74, 6) is 2.39. The lowest BCUT2D eigenvalue weighted by Crippen LogP contribution is -2.42. The van der Waals surface area contributed by atoms with Crippen LogP contribution in [0.4, 0.5) is 0 Å². The predicted molar refractivity (Wildman–Crippen MR) is 140 cm³/mol. The topological polar surface area (TPSA) is 72.7 Å². The van der Waals surface area contributed by atoms with Crippen molar-refractivity contribution in [1.82, 2.24) is 20.4 Å². The maximum Gasteiger partial charge on any atom is 0.191 e. The van der Waals surface area contributed by atoms with Gasteiger partial charge < -0.3 is 20.1 Å². The van der Waals surface area contributed by atoms with Crippen LogP contribution in [0, 0.1) is 13.8 Å². The van der Waals surface area contributed by atoms with E-state index < -0.39 is 0 Å². The maximum atomic E-state index is 6.22. The van der Waals surface area contributed by atoms with Crippen molar-refractivity contribution < 1.29 is 9.47 Å². The van der Waals surface area contributed by atoms with Crippen LogP contribution in [0.2, 0.25) is 0 Å². The van der Waals surface area contributed by atoms with Crippen LogP contribution in [0.1, 0.15) is 55.1 Å². The fourth-order valence-electron chi connectivity index (χ4n) is 4.19. The van der Waals surface area contributed by atoms with Crippen molar-refractivity contribution in [3.05, 3.63) is 40.7 Å². The van der Waals surface area contributed by atoms with Gasteiger partial charge in [-0.1, -0.05) is 6.07 Å². The minimum Gasteiger partial charge on any atom is -0.493 e. The number of aryl methyl sites for hydroxylation is 2. The van der Waals surface area contributed by atoms with Gasteiger partial charge in [0, 0.05) is 32.4 Å². The number of rotatable bonds is 8. The molecule has 32 heavy (non-hydrogen) atoms. The van der Waals surface area contributed by atoms with Crippen LogP contribution in [0.3, 0.4) is 0 Å². The second kappa shape index (κ2) is 12.3. The Morgan fingerprint density at radius 1 is 1.25 bits per heavy atom. The number of methoxy groups -OCH3 is 1. The number of aromatic nitrogens is 2. The van der Waals surface area contributed by atoms with Crippen molar-refractivity contribution in [2.75, 3.05) is 14.2 Å². The van der Waals surface area contributed by atoms with E-state index in [1.165, 1.54) is 24.1 Å². The van der Waals surface area contributed by atoms with E-state index in [0.717, 1.165) is 48.0 Å². The monoisotopic (exact) mass is 555 g/mol. The SMILES string of the molecule is CN=C(NCc1ccc(OC)c(OC2CCCC2)c1)NC(C)Cc1c(C)nn(C)c1C.I. The summed E-state index contributed by atoms with van der Waals surface area (Å²) in [6, 6.07) is 6.34. The molecular weight excluding hydrogens is 517 g/mol. The van der Waals surface area contributed by atoms with Crippen molar-refractivity contribution in [3.63, 3.8) is 0 Å². The molecule has 8 heteroatoms. The standard InChI is InChI=1S/C24H37N5O2.HI/c1-16(13-21-17(2)28-29(5)18(21)3)27-24(25-4)26-15-19-11-12-22(30-6)23(14-19)31-20-9-7-8-10-20;/h11-12,14,16,20H,7-10,13,15H2,1-6H3,(H2,25,26,27);1H. The zero-order valence-corrected chi connectivity index (χ0v) is 22.5. The van der Waals surface area contributed by atoms with Gasteiger partial charge in [-0.15, -0.1) is 24.0 Å². The summed E-state index contributed by atoms with van der Waals surface area (Å²) in [6.07, 6.45) is 5.92. The van der Waals surface area contributed by atoms with Gasteiger partial charge >= 0.3 is 0 Å². The first-order valence-corrected chi connectivity index (χ1v) is 11.2. The molecular formula is C24H38IN5O2. The van der Waals surface area contributed by atoms with Gasteiger partial charge in [-0.25, -0.2) is 0 Å². The molecule has 0 aliphatic heterocycles.